The molecule has 1 heteroatoms. The maximum Gasteiger partial charge on any atom is 0.00106 e. The molecule has 0 fully saturated rings. The molecule has 92 valence electrons. The molecule has 1 unspecified atom stereocenters. The van der Waals surface area contributed by atoms with Gasteiger partial charge < -0.3 is 5.32 Å². The molecule has 0 heterocycles. The zero-order valence-electron chi connectivity index (χ0n) is 11.7. The Morgan fingerprint density at radius 3 is 2.07 bits per heavy atom. The Bertz CT molecular complexity index is 137. The molecule has 0 saturated carbocycles. The zero-order chi connectivity index (χ0) is 11.9. The smallest absolute Gasteiger partial charge is 0.00106 e. The van der Waals surface area contributed by atoms with Crippen LogP contribution in [0.2, 0.25) is 0 Å². The van der Waals surface area contributed by atoms with Gasteiger partial charge in [0.2, 0.25) is 0 Å². The summed E-state index contributed by atoms with van der Waals surface area (Å²) < 4.78 is 0. The number of nitrogens with one attached hydrogen (secondary N) is 1. The summed E-state index contributed by atoms with van der Waals surface area (Å²) >= 11 is 0. The minimum Gasteiger partial charge on any atom is -0.314 e. The van der Waals surface area contributed by atoms with Crippen molar-refractivity contribution in [1.29, 1.82) is 0 Å². The van der Waals surface area contributed by atoms with Crippen molar-refractivity contribution >= 4 is 0 Å². The molecule has 1 atom stereocenters. The number of hydrogen-bond acceptors (Lipinski definition) is 1. The van der Waals surface area contributed by atoms with E-state index in [1.54, 1.807) is 0 Å². The Hall–Kier alpha value is -0.0400. The highest BCUT2D eigenvalue weighted by Crippen LogP contribution is 2.30. The van der Waals surface area contributed by atoms with Crippen LogP contribution in [0.4, 0.5) is 0 Å². The first-order valence-electron chi connectivity index (χ1n) is 6.63. The lowest BCUT2D eigenvalue weighted by Gasteiger charge is -2.31. The fourth-order valence-electron chi connectivity index (χ4n) is 1.99. The van der Waals surface area contributed by atoms with Crippen LogP contribution in [0.15, 0.2) is 0 Å². The molecule has 0 aliphatic rings. The molecule has 0 radical (unpaired) electrons. The van der Waals surface area contributed by atoms with E-state index in [0.717, 1.165) is 5.92 Å². The minimum atomic E-state index is 0.503. The number of hydrogen-bond donors (Lipinski definition) is 1. The van der Waals surface area contributed by atoms with Gasteiger partial charge in [-0.05, 0) is 24.2 Å². The SMILES string of the molecule is CCCC(C)(CCC(C)C)CNC(C)C. The van der Waals surface area contributed by atoms with Crippen molar-refractivity contribution in [3.05, 3.63) is 0 Å². The van der Waals surface area contributed by atoms with Gasteiger partial charge in [0.1, 0.15) is 0 Å². The second-order valence-electron chi connectivity index (χ2n) is 6.03. The molecule has 0 aliphatic carbocycles. The Morgan fingerprint density at radius 1 is 1.07 bits per heavy atom. The molecular weight excluding hydrogens is 182 g/mol. The highest BCUT2D eigenvalue weighted by atomic mass is 14.9. The summed E-state index contributed by atoms with van der Waals surface area (Å²) in [6.45, 7) is 15.0. The molecule has 0 aromatic rings. The van der Waals surface area contributed by atoms with E-state index in [1.165, 1.54) is 32.2 Å². The van der Waals surface area contributed by atoms with Crippen LogP contribution in [0.5, 0.6) is 0 Å². The summed E-state index contributed by atoms with van der Waals surface area (Å²) in [5, 5.41) is 3.59. The largest absolute Gasteiger partial charge is 0.314 e. The fourth-order valence-corrected chi connectivity index (χ4v) is 1.99. The van der Waals surface area contributed by atoms with E-state index in [9.17, 15) is 0 Å². The van der Waals surface area contributed by atoms with Gasteiger partial charge in [0.05, 0.1) is 0 Å². The van der Waals surface area contributed by atoms with E-state index < -0.39 is 0 Å². The molecule has 0 saturated heterocycles. The van der Waals surface area contributed by atoms with Gasteiger partial charge in [0.15, 0.2) is 0 Å². The third-order valence-corrected chi connectivity index (χ3v) is 3.12. The van der Waals surface area contributed by atoms with Gasteiger partial charge in [0, 0.05) is 12.6 Å². The van der Waals surface area contributed by atoms with Crippen LogP contribution in [0.3, 0.4) is 0 Å². The van der Waals surface area contributed by atoms with E-state index in [4.69, 9.17) is 0 Å². The Labute approximate surface area is 97.0 Å². The van der Waals surface area contributed by atoms with Crippen LogP contribution >= 0.6 is 0 Å². The van der Waals surface area contributed by atoms with Gasteiger partial charge in [-0.1, -0.05) is 54.4 Å². The summed E-state index contributed by atoms with van der Waals surface area (Å²) in [6.07, 6.45) is 5.36. The van der Waals surface area contributed by atoms with Crippen molar-refractivity contribution in [3.63, 3.8) is 0 Å². The fraction of sp³-hybridized carbons (Fsp3) is 1.00. The van der Waals surface area contributed by atoms with Crippen molar-refractivity contribution in [3.8, 4) is 0 Å². The van der Waals surface area contributed by atoms with Gasteiger partial charge in [-0.15, -0.1) is 0 Å². The van der Waals surface area contributed by atoms with E-state index in [2.05, 4.69) is 46.9 Å². The second-order valence-corrected chi connectivity index (χ2v) is 6.03. The average Bonchev–Trinajstić information content (AvgIpc) is 2.13. The topological polar surface area (TPSA) is 12.0 Å². The van der Waals surface area contributed by atoms with E-state index >= 15 is 0 Å². The normalized spacial score (nSPS) is 16.0. The average molecular weight is 213 g/mol. The van der Waals surface area contributed by atoms with Crippen LogP contribution in [0, 0.1) is 11.3 Å². The standard InChI is InChI=1S/C14H31N/c1-7-9-14(6,10-8-12(2)3)11-15-13(4)5/h12-13,15H,7-11H2,1-6H3. The van der Waals surface area contributed by atoms with Crippen LogP contribution in [0.1, 0.15) is 67.2 Å². The lowest BCUT2D eigenvalue weighted by atomic mass is 9.79. The maximum absolute atomic E-state index is 3.59. The molecule has 15 heavy (non-hydrogen) atoms. The summed E-state index contributed by atoms with van der Waals surface area (Å²) in [5.41, 5.74) is 0.503. The Kier molecular flexibility index (Phi) is 7.25. The van der Waals surface area contributed by atoms with Crippen LogP contribution < -0.4 is 5.32 Å². The van der Waals surface area contributed by atoms with E-state index in [0.29, 0.717) is 11.5 Å². The Morgan fingerprint density at radius 2 is 1.67 bits per heavy atom. The highest BCUT2D eigenvalue weighted by Gasteiger charge is 2.23. The maximum atomic E-state index is 3.59. The molecule has 0 bridgehead atoms. The van der Waals surface area contributed by atoms with Gasteiger partial charge in [0.25, 0.3) is 0 Å². The molecular formula is C14H31N. The Balaban J connectivity index is 4.05. The molecule has 0 spiro atoms. The minimum absolute atomic E-state index is 0.503. The lowest BCUT2D eigenvalue weighted by molar-refractivity contribution is 0.231. The summed E-state index contributed by atoms with van der Waals surface area (Å²) in [7, 11) is 0. The quantitative estimate of drug-likeness (QED) is 0.636. The summed E-state index contributed by atoms with van der Waals surface area (Å²) in [4.78, 5) is 0. The lowest BCUT2D eigenvalue weighted by Crippen LogP contribution is -2.36. The van der Waals surface area contributed by atoms with Crippen molar-refractivity contribution in [2.24, 2.45) is 11.3 Å². The van der Waals surface area contributed by atoms with Gasteiger partial charge in [-0.3, -0.25) is 0 Å². The molecule has 0 aromatic heterocycles. The van der Waals surface area contributed by atoms with Crippen LogP contribution in [0.25, 0.3) is 0 Å². The van der Waals surface area contributed by atoms with Crippen molar-refractivity contribution < 1.29 is 0 Å². The number of rotatable bonds is 8. The van der Waals surface area contributed by atoms with Crippen molar-refractivity contribution in [1.82, 2.24) is 5.32 Å². The van der Waals surface area contributed by atoms with E-state index in [1.807, 2.05) is 0 Å². The first-order valence-corrected chi connectivity index (χ1v) is 6.63. The summed E-state index contributed by atoms with van der Waals surface area (Å²) in [6, 6.07) is 0.611. The molecule has 0 amide bonds. The summed E-state index contributed by atoms with van der Waals surface area (Å²) in [5.74, 6) is 0.834. The highest BCUT2D eigenvalue weighted by molar-refractivity contribution is 4.77. The van der Waals surface area contributed by atoms with Crippen LogP contribution in [-0.2, 0) is 0 Å². The predicted molar refractivity (Wildman–Crippen MR) is 70.2 cm³/mol. The first kappa shape index (κ1) is 15.0. The van der Waals surface area contributed by atoms with Crippen molar-refractivity contribution in [2.45, 2.75) is 73.3 Å². The molecule has 0 aromatic carbocycles. The molecule has 0 rings (SSSR count). The van der Waals surface area contributed by atoms with E-state index in [-0.39, 0.29) is 0 Å². The zero-order valence-corrected chi connectivity index (χ0v) is 11.7. The first-order chi connectivity index (χ1) is 6.89. The van der Waals surface area contributed by atoms with Gasteiger partial charge >= 0.3 is 0 Å². The van der Waals surface area contributed by atoms with Gasteiger partial charge in [-0.2, -0.15) is 0 Å². The van der Waals surface area contributed by atoms with Crippen LogP contribution in [-0.4, -0.2) is 12.6 Å². The molecule has 1 N–H and O–H groups in total. The third kappa shape index (κ3) is 7.84. The third-order valence-electron chi connectivity index (χ3n) is 3.12. The predicted octanol–water partition coefficient (Wildman–Crippen LogP) is 4.23. The monoisotopic (exact) mass is 213 g/mol. The molecule has 1 nitrogen and oxygen atoms in total. The molecule has 0 aliphatic heterocycles. The van der Waals surface area contributed by atoms with Gasteiger partial charge in [-0.25, -0.2) is 0 Å². The van der Waals surface area contributed by atoms with Crippen molar-refractivity contribution in [2.75, 3.05) is 6.54 Å². The second kappa shape index (κ2) is 7.27.